The zero-order valence-electron chi connectivity index (χ0n) is 16.0. The smallest absolute Gasteiger partial charge is 0.243 e. The van der Waals surface area contributed by atoms with Crippen LogP contribution < -0.4 is 10.2 Å². The third-order valence-corrected chi connectivity index (χ3v) is 4.45. The molecule has 1 saturated heterocycles. The number of para-hydroxylation sites is 1. The molecule has 0 saturated carbocycles. The fourth-order valence-electron chi connectivity index (χ4n) is 2.80. The lowest BCUT2D eigenvalue weighted by atomic mass is 10.2. The molecule has 144 valence electrons. The van der Waals surface area contributed by atoms with Crippen LogP contribution in [-0.2, 0) is 4.79 Å². The molecule has 1 aromatic rings. The number of anilines is 1. The Labute approximate surface area is 155 Å². The Morgan fingerprint density at radius 3 is 2.54 bits per heavy atom. The molecule has 0 aliphatic carbocycles. The van der Waals surface area contributed by atoms with Gasteiger partial charge in [0.1, 0.15) is 12.4 Å². The van der Waals surface area contributed by atoms with Gasteiger partial charge < -0.3 is 20.0 Å². The Hall–Kier alpha value is -2.31. The van der Waals surface area contributed by atoms with Crippen LogP contribution in [0.5, 0.6) is 0 Å². The van der Waals surface area contributed by atoms with Crippen LogP contribution in [0.4, 0.5) is 10.1 Å². The van der Waals surface area contributed by atoms with E-state index >= 15 is 0 Å². The standard InChI is InChI=1S/C19H30FN5O/c1-4-5-10-21-19(22-15-18(26)23(2)3)25-13-11-24(12-14-25)17-9-7-6-8-16(17)20/h6-9H,4-5,10-15H2,1-3H3,(H,21,22). The number of guanidine groups is 1. The van der Waals surface area contributed by atoms with Crippen LogP contribution in [0, 0.1) is 5.82 Å². The molecule has 26 heavy (non-hydrogen) atoms. The Bertz CT molecular complexity index is 612. The summed E-state index contributed by atoms with van der Waals surface area (Å²) in [5.74, 6) is 0.555. The molecule has 1 aromatic carbocycles. The number of carbonyl (C=O) groups is 1. The van der Waals surface area contributed by atoms with Crippen molar-refractivity contribution < 1.29 is 9.18 Å². The van der Waals surface area contributed by atoms with Crippen molar-refractivity contribution in [1.82, 2.24) is 15.1 Å². The van der Waals surface area contributed by atoms with Crippen molar-refractivity contribution in [3.8, 4) is 0 Å². The van der Waals surface area contributed by atoms with Gasteiger partial charge in [0.2, 0.25) is 5.91 Å². The molecule has 1 aliphatic heterocycles. The normalized spacial score (nSPS) is 15.2. The molecule has 7 heteroatoms. The highest BCUT2D eigenvalue weighted by Crippen LogP contribution is 2.20. The van der Waals surface area contributed by atoms with E-state index in [2.05, 4.69) is 27.0 Å². The second-order valence-corrected chi connectivity index (χ2v) is 6.63. The number of halogens is 1. The van der Waals surface area contributed by atoms with Gasteiger partial charge in [-0.05, 0) is 18.6 Å². The molecule has 0 aromatic heterocycles. The van der Waals surface area contributed by atoms with Gasteiger partial charge in [0, 0.05) is 46.8 Å². The zero-order chi connectivity index (χ0) is 18.9. The lowest BCUT2D eigenvalue weighted by Gasteiger charge is -2.37. The van der Waals surface area contributed by atoms with Gasteiger partial charge in [0.05, 0.1) is 5.69 Å². The molecule has 0 unspecified atom stereocenters. The predicted octanol–water partition coefficient (Wildman–Crippen LogP) is 1.78. The van der Waals surface area contributed by atoms with Crippen LogP contribution in [0.15, 0.2) is 29.3 Å². The molecule has 1 fully saturated rings. The Kier molecular flexibility index (Phi) is 7.69. The maximum atomic E-state index is 14.0. The van der Waals surface area contributed by atoms with E-state index < -0.39 is 0 Å². The van der Waals surface area contributed by atoms with E-state index in [0.717, 1.165) is 51.5 Å². The summed E-state index contributed by atoms with van der Waals surface area (Å²) in [6.45, 7) is 6.02. The number of unbranched alkanes of at least 4 members (excludes halogenated alkanes) is 1. The quantitative estimate of drug-likeness (QED) is 0.476. The van der Waals surface area contributed by atoms with Gasteiger partial charge in [-0.2, -0.15) is 0 Å². The molecule has 1 heterocycles. The number of likely N-dealkylation sites (N-methyl/N-ethyl adjacent to an activating group) is 1. The average molecular weight is 363 g/mol. The van der Waals surface area contributed by atoms with Gasteiger partial charge >= 0.3 is 0 Å². The number of nitrogens with one attached hydrogen (secondary N) is 1. The van der Waals surface area contributed by atoms with Crippen LogP contribution in [0.1, 0.15) is 19.8 Å². The number of benzene rings is 1. The van der Waals surface area contributed by atoms with Gasteiger partial charge in [-0.3, -0.25) is 4.79 Å². The second-order valence-electron chi connectivity index (χ2n) is 6.63. The first kappa shape index (κ1) is 20.0. The van der Waals surface area contributed by atoms with E-state index in [1.807, 2.05) is 12.1 Å². The molecule has 1 N–H and O–H groups in total. The zero-order valence-corrected chi connectivity index (χ0v) is 16.0. The van der Waals surface area contributed by atoms with Gasteiger partial charge in [0.25, 0.3) is 0 Å². The highest BCUT2D eigenvalue weighted by Gasteiger charge is 2.21. The van der Waals surface area contributed by atoms with Crippen molar-refractivity contribution >= 4 is 17.6 Å². The van der Waals surface area contributed by atoms with Crippen molar-refractivity contribution in [3.63, 3.8) is 0 Å². The van der Waals surface area contributed by atoms with Gasteiger partial charge in [-0.1, -0.05) is 25.5 Å². The van der Waals surface area contributed by atoms with Gasteiger partial charge in [0.15, 0.2) is 5.96 Å². The number of carbonyl (C=O) groups excluding carboxylic acids is 1. The summed E-state index contributed by atoms with van der Waals surface area (Å²) in [6, 6.07) is 6.87. The first-order valence-corrected chi connectivity index (χ1v) is 9.25. The third-order valence-electron chi connectivity index (χ3n) is 4.45. The summed E-state index contributed by atoms with van der Waals surface area (Å²) >= 11 is 0. The molecule has 0 atom stereocenters. The van der Waals surface area contributed by atoms with Crippen LogP contribution in [0.25, 0.3) is 0 Å². The maximum absolute atomic E-state index is 14.0. The summed E-state index contributed by atoms with van der Waals surface area (Å²) < 4.78 is 14.0. The molecule has 0 spiro atoms. The monoisotopic (exact) mass is 363 g/mol. The van der Waals surface area contributed by atoms with Crippen LogP contribution >= 0.6 is 0 Å². The van der Waals surface area contributed by atoms with Gasteiger partial charge in [-0.15, -0.1) is 0 Å². The summed E-state index contributed by atoms with van der Waals surface area (Å²) in [5, 5.41) is 3.36. The van der Waals surface area contributed by atoms with Crippen molar-refractivity contribution in [2.24, 2.45) is 4.99 Å². The van der Waals surface area contributed by atoms with E-state index in [1.165, 1.54) is 6.07 Å². The number of hydrogen-bond donors (Lipinski definition) is 1. The fourth-order valence-corrected chi connectivity index (χ4v) is 2.80. The number of piperazine rings is 1. The summed E-state index contributed by atoms with van der Waals surface area (Å²) in [5.41, 5.74) is 0.646. The summed E-state index contributed by atoms with van der Waals surface area (Å²) in [6.07, 6.45) is 2.15. The molecule has 0 bridgehead atoms. The molecule has 2 rings (SSSR count). The van der Waals surface area contributed by atoms with E-state index in [-0.39, 0.29) is 18.3 Å². The fraction of sp³-hybridized carbons (Fsp3) is 0.579. The minimum Gasteiger partial charge on any atom is -0.366 e. The lowest BCUT2D eigenvalue weighted by Crippen LogP contribution is -2.53. The Balaban J connectivity index is 1.99. The van der Waals surface area contributed by atoms with Crippen molar-refractivity contribution in [2.45, 2.75) is 19.8 Å². The highest BCUT2D eigenvalue weighted by molar-refractivity contribution is 5.85. The van der Waals surface area contributed by atoms with Crippen molar-refractivity contribution in [2.75, 3.05) is 58.3 Å². The molecule has 1 amide bonds. The highest BCUT2D eigenvalue weighted by atomic mass is 19.1. The molecular formula is C19H30FN5O. The van der Waals surface area contributed by atoms with Crippen molar-refractivity contribution in [1.29, 1.82) is 0 Å². The number of hydrogen-bond acceptors (Lipinski definition) is 3. The lowest BCUT2D eigenvalue weighted by molar-refractivity contribution is -0.127. The number of amides is 1. The first-order chi connectivity index (χ1) is 12.5. The minimum atomic E-state index is -0.188. The van der Waals surface area contributed by atoms with Crippen LogP contribution in [0.2, 0.25) is 0 Å². The topological polar surface area (TPSA) is 51.2 Å². The number of aliphatic imine (C=N–C) groups is 1. The molecule has 0 radical (unpaired) electrons. The van der Waals surface area contributed by atoms with E-state index in [4.69, 9.17) is 0 Å². The summed E-state index contributed by atoms with van der Waals surface area (Å²) in [7, 11) is 3.46. The summed E-state index contributed by atoms with van der Waals surface area (Å²) in [4.78, 5) is 22.1. The Morgan fingerprint density at radius 1 is 1.23 bits per heavy atom. The van der Waals surface area contributed by atoms with Crippen LogP contribution in [-0.4, -0.2) is 75.0 Å². The minimum absolute atomic E-state index is 0.0233. The largest absolute Gasteiger partial charge is 0.366 e. The third kappa shape index (κ3) is 5.61. The second kappa shape index (κ2) is 9.99. The van der Waals surface area contributed by atoms with Crippen LogP contribution in [0.3, 0.4) is 0 Å². The predicted molar refractivity (Wildman–Crippen MR) is 104 cm³/mol. The SMILES string of the molecule is CCCCNC(=NCC(=O)N(C)C)N1CCN(c2ccccc2F)CC1. The Morgan fingerprint density at radius 2 is 1.92 bits per heavy atom. The molecule has 6 nitrogen and oxygen atoms in total. The van der Waals surface area contributed by atoms with Crippen molar-refractivity contribution in [3.05, 3.63) is 30.1 Å². The number of nitrogens with zero attached hydrogens (tertiary/aromatic N) is 4. The van der Waals surface area contributed by atoms with E-state index in [9.17, 15) is 9.18 Å². The van der Waals surface area contributed by atoms with Gasteiger partial charge in [-0.25, -0.2) is 9.38 Å². The van der Waals surface area contributed by atoms with E-state index in [0.29, 0.717) is 5.69 Å². The maximum Gasteiger partial charge on any atom is 0.243 e. The van der Waals surface area contributed by atoms with E-state index in [1.54, 1.807) is 25.1 Å². The molecular weight excluding hydrogens is 333 g/mol. The molecule has 1 aliphatic rings. The first-order valence-electron chi connectivity index (χ1n) is 9.25. The number of rotatable bonds is 6. The average Bonchev–Trinajstić information content (AvgIpc) is 2.65.